The molecule has 4 heteroatoms. The molecule has 1 aromatic carbocycles. The maximum Gasteiger partial charge on any atom is 0.302 e. The lowest BCUT2D eigenvalue weighted by Gasteiger charge is -2.11. The van der Waals surface area contributed by atoms with E-state index in [-0.39, 0.29) is 11.8 Å². The van der Waals surface area contributed by atoms with Crippen molar-refractivity contribution in [3.05, 3.63) is 29.6 Å². The highest BCUT2D eigenvalue weighted by atomic mass is 19.1. The fourth-order valence-corrected chi connectivity index (χ4v) is 1.75. The monoisotopic (exact) mass is 282 g/mol. The first kappa shape index (κ1) is 16.5. The van der Waals surface area contributed by atoms with Crippen LogP contribution in [0.25, 0.3) is 0 Å². The Bertz CT molecular complexity index is 430. The second-order valence-electron chi connectivity index (χ2n) is 5.23. The Morgan fingerprint density at radius 1 is 1.30 bits per heavy atom. The van der Waals surface area contributed by atoms with Crippen LogP contribution in [0, 0.1) is 11.7 Å². The van der Waals surface area contributed by atoms with Gasteiger partial charge in [0.1, 0.15) is 0 Å². The second-order valence-corrected chi connectivity index (χ2v) is 5.23. The van der Waals surface area contributed by atoms with E-state index in [0.29, 0.717) is 36.9 Å². The summed E-state index contributed by atoms with van der Waals surface area (Å²) in [5.74, 6) is 0.124. The van der Waals surface area contributed by atoms with E-state index in [9.17, 15) is 9.18 Å². The number of halogens is 1. The predicted octanol–water partition coefficient (Wildman–Crippen LogP) is 3.75. The molecular weight excluding hydrogens is 259 g/mol. The summed E-state index contributed by atoms with van der Waals surface area (Å²) in [6.07, 6.45) is 2.12. The van der Waals surface area contributed by atoms with E-state index in [1.54, 1.807) is 18.2 Å². The third-order valence-electron chi connectivity index (χ3n) is 2.76. The molecule has 0 radical (unpaired) electrons. The summed E-state index contributed by atoms with van der Waals surface area (Å²) in [5, 5.41) is 0. The van der Waals surface area contributed by atoms with Crippen LogP contribution in [-0.4, -0.2) is 19.2 Å². The predicted molar refractivity (Wildman–Crippen MR) is 76.3 cm³/mol. The summed E-state index contributed by atoms with van der Waals surface area (Å²) in [5.41, 5.74) is 0.647. The van der Waals surface area contributed by atoms with Crippen molar-refractivity contribution in [2.45, 2.75) is 40.0 Å². The lowest BCUT2D eigenvalue weighted by atomic mass is 10.1. The average molecular weight is 282 g/mol. The minimum absolute atomic E-state index is 0.277. The van der Waals surface area contributed by atoms with Gasteiger partial charge in [-0.15, -0.1) is 0 Å². The molecule has 0 aliphatic heterocycles. The zero-order chi connectivity index (χ0) is 15.0. The maximum absolute atomic E-state index is 14.2. The molecule has 1 aromatic rings. The molecule has 0 heterocycles. The first-order valence-electron chi connectivity index (χ1n) is 7.04. The number of ether oxygens (including phenoxy) is 2. The molecule has 0 aliphatic carbocycles. The van der Waals surface area contributed by atoms with E-state index in [1.165, 1.54) is 6.92 Å². The van der Waals surface area contributed by atoms with E-state index in [1.807, 2.05) is 13.8 Å². The third kappa shape index (κ3) is 6.04. The minimum atomic E-state index is -0.278. The molecule has 0 fully saturated rings. The molecule has 0 saturated carbocycles. The number of hydrogen-bond donors (Lipinski definition) is 0. The number of carbonyl (C=O) groups is 1. The molecule has 0 atom stereocenters. The van der Waals surface area contributed by atoms with E-state index >= 15 is 0 Å². The Kier molecular flexibility index (Phi) is 7.05. The van der Waals surface area contributed by atoms with Crippen LogP contribution in [0.2, 0.25) is 0 Å². The van der Waals surface area contributed by atoms with Crippen molar-refractivity contribution in [1.29, 1.82) is 0 Å². The highest BCUT2D eigenvalue weighted by molar-refractivity contribution is 5.65. The molecule has 0 aromatic heterocycles. The number of aryl methyl sites for hydroxylation is 1. The number of hydrogen-bond acceptors (Lipinski definition) is 3. The van der Waals surface area contributed by atoms with Crippen molar-refractivity contribution in [2.24, 2.45) is 5.92 Å². The zero-order valence-electron chi connectivity index (χ0n) is 12.4. The molecule has 1 rings (SSSR count). The fourth-order valence-electron chi connectivity index (χ4n) is 1.75. The Balaban J connectivity index is 2.45. The van der Waals surface area contributed by atoms with Gasteiger partial charge in [-0.1, -0.05) is 26.0 Å². The van der Waals surface area contributed by atoms with Crippen molar-refractivity contribution in [3.63, 3.8) is 0 Å². The van der Waals surface area contributed by atoms with Gasteiger partial charge in [0.2, 0.25) is 0 Å². The number of benzene rings is 1. The number of carbonyl (C=O) groups excluding carboxylic acids is 1. The Morgan fingerprint density at radius 2 is 2.05 bits per heavy atom. The van der Waals surface area contributed by atoms with Crippen LogP contribution >= 0.6 is 0 Å². The van der Waals surface area contributed by atoms with Crippen molar-refractivity contribution >= 4 is 5.97 Å². The molecule has 20 heavy (non-hydrogen) atoms. The third-order valence-corrected chi connectivity index (χ3v) is 2.76. The molecule has 0 amide bonds. The van der Waals surface area contributed by atoms with Crippen LogP contribution in [0.15, 0.2) is 18.2 Å². The first-order valence-corrected chi connectivity index (χ1v) is 7.04. The summed E-state index contributed by atoms with van der Waals surface area (Å²) in [7, 11) is 0. The first-order chi connectivity index (χ1) is 9.50. The summed E-state index contributed by atoms with van der Waals surface area (Å²) < 4.78 is 24.4. The van der Waals surface area contributed by atoms with Gasteiger partial charge >= 0.3 is 5.97 Å². The molecule has 0 N–H and O–H groups in total. The molecule has 3 nitrogen and oxygen atoms in total. The minimum Gasteiger partial charge on any atom is -0.490 e. The van der Waals surface area contributed by atoms with Crippen LogP contribution in [0.5, 0.6) is 5.75 Å². The van der Waals surface area contributed by atoms with Gasteiger partial charge in [-0.3, -0.25) is 4.79 Å². The zero-order valence-corrected chi connectivity index (χ0v) is 12.4. The van der Waals surface area contributed by atoms with Crippen LogP contribution in [0.1, 0.15) is 39.2 Å². The standard InChI is InChI=1S/C16H23FO3/c1-12(2)11-20-15-9-6-8-14(16(15)17)7-4-5-10-19-13(3)18/h6,8-9,12H,4-5,7,10-11H2,1-3H3. The van der Waals surface area contributed by atoms with E-state index in [2.05, 4.69) is 0 Å². The van der Waals surface area contributed by atoms with Crippen LogP contribution in [0.4, 0.5) is 4.39 Å². The number of rotatable bonds is 8. The van der Waals surface area contributed by atoms with Gasteiger partial charge in [-0.05, 0) is 36.8 Å². The fraction of sp³-hybridized carbons (Fsp3) is 0.562. The van der Waals surface area contributed by atoms with Crippen molar-refractivity contribution in [1.82, 2.24) is 0 Å². The molecule has 0 aliphatic rings. The SMILES string of the molecule is CC(=O)OCCCCc1cccc(OCC(C)C)c1F. The summed E-state index contributed by atoms with van der Waals surface area (Å²) >= 11 is 0. The Labute approximate surface area is 120 Å². The summed E-state index contributed by atoms with van der Waals surface area (Å²) in [4.78, 5) is 10.6. The van der Waals surface area contributed by atoms with Gasteiger partial charge in [0.15, 0.2) is 11.6 Å². The van der Waals surface area contributed by atoms with Crippen molar-refractivity contribution < 1.29 is 18.7 Å². The molecule has 112 valence electrons. The number of esters is 1. The van der Waals surface area contributed by atoms with Gasteiger partial charge in [-0.2, -0.15) is 0 Å². The molecule has 0 spiro atoms. The van der Waals surface area contributed by atoms with Crippen molar-refractivity contribution in [2.75, 3.05) is 13.2 Å². The highest BCUT2D eigenvalue weighted by Gasteiger charge is 2.09. The van der Waals surface area contributed by atoms with E-state index in [4.69, 9.17) is 9.47 Å². The highest BCUT2D eigenvalue weighted by Crippen LogP contribution is 2.22. The van der Waals surface area contributed by atoms with Gasteiger partial charge in [0.05, 0.1) is 13.2 Å². The molecule has 0 unspecified atom stereocenters. The average Bonchev–Trinajstić information content (AvgIpc) is 2.38. The van der Waals surface area contributed by atoms with Crippen LogP contribution < -0.4 is 4.74 Å². The number of unbranched alkanes of at least 4 members (excludes halogenated alkanes) is 1. The molecule has 0 saturated heterocycles. The van der Waals surface area contributed by atoms with Crippen molar-refractivity contribution in [3.8, 4) is 5.75 Å². The summed E-state index contributed by atoms with van der Waals surface area (Å²) in [6.45, 7) is 6.33. The normalized spacial score (nSPS) is 10.7. The lowest BCUT2D eigenvalue weighted by Crippen LogP contribution is -2.07. The van der Waals surface area contributed by atoms with Gasteiger partial charge in [0.25, 0.3) is 0 Å². The van der Waals surface area contributed by atoms with E-state index in [0.717, 1.165) is 12.8 Å². The van der Waals surface area contributed by atoms with Gasteiger partial charge < -0.3 is 9.47 Å². The van der Waals surface area contributed by atoms with Crippen LogP contribution in [0.3, 0.4) is 0 Å². The summed E-state index contributed by atoms with van der Waals surface area (Å²) in [6, 6.07) is 5.23. The van der Waals surface area contributed by atoms with E-state index < -0.39 is 0 Å². The lowest BCUT2D eigenvalue weighted by molar-refractivity contribution is -0.141. The second kappa shape index (κ2) is 8.56. The van der Waals surface area contributed by atoms with Gasteiger partial charge in [0, 0.05) is 6.92 Å². The largest absolute Gasteiger partial charge is 0.490 e. The molecule has 0 bridgehead atoms. The van der Waals surface area contributed by atoms with Crippen LogP contribution in [-0.2, 0) is 16.0 Å². The quantitative estimate of drug-likeness (QED) is 0.538. The smallest absolute Gasteiger partial charge is 0.302 e. The maximum atomic E-state index is 14.2. The van der Waals surface area contributed by atoms with Gasteiger partial charge in [-0.25, -0.2) is 4.39 Å². The topological polar surface area (TPSA) is 35.5 Å². The Morgan fingerprint density at radius 3 is 2.70 bits per heavy atom. The Hall–Kier alpha value is -1.58. The molecular formula is C16H23FO3.